The number of anilines is 1. The lowest BCUT2D eigenvalue weighted by Crippen LogP contribution is -2.36. The van der Waals surface area contributed by atoms with Crippen LogP contribution in [0.15, 0.2) is 18.3 Å². The van der Waals surface area contributed by atoms with Crippen molar-refractivity contribution in [3.63, 3.8) is 0 Å². The lowest BCUT2D eigenvalue weighted by molar-refractivity contribution is 0.423. The zero-order chi connectivity index (χ0) is 14.4. The minimum atomic E-state index is 0.142. The maximum absolute atomic E-state index is 4.66. The maximum atomic E-state index is 4.66. The highest BCUT2D eigenvalue weighted by atomic mass is 15.2. The predicted molar refractivity (Wildman–Crippen MR) is 86.1 cm³/mol. The van der Waals surface area contributed by atoms with Gasteiger partial charge in [-0.15, -0.1) is 0 Å². The van der Waals surface area contributed by atoms with Crippen LogP contribution in [-0.4, -0.2) is 23.6 Å². The molecular formula is C17H29N3. The van der Waals surface area contributed by atoms with Crippen molar-refractivity contribution in [3.8, 4) is 0 Å². The van der Waals surface area contributed by atoms with Gasteiger partial charge in [0.1, 0.15) is 5.82 Å². The van der Waals surface area contributed by atoms with E-state index in [1.54, 1.807) is 0 Å². The van der Waals surface area contributed by atoms with Crippen LogP contribution in [0.25, 0.3) is 0 Å². The molecule has 1 fully saturated rings. The van der Waals surface area contributed by atoms with Gasteiger partial charge in [0.15, 0.2) is 0 Å². The minimum Gasteiger partial charge on any atom is -0.356 e. The minimum absolute atomic E-state index is 0.142. The fraction of sp³-hybridized carbons (Fsp3) is 0.706. The summed E-state index contributed by atoms with van der Waals surface area (Å²) >= 11 is 0. The molecule has 1 aliphatic heterocycles. The summed E-state index contributed by atoms with van der Waals surface area (Å²) in [7, 11) is 0. The summed E-state index contributed by atoms with van der Waals surface area (Å²) < 4.78 is 0. The van der Waals surface area contributed by atoms with E-state index in [1.165, 1.54) is 43.5 Å². The summed E-state index contributed by atoms with van der Waals surface area (Å²) in [4.78, 5) is 7.15. The van der Waals surface area contributed by atoms with Gasteiger partial charge in [0.25, 0.3) is 0 Å². The Morgan fingerprint density at radius 2 is 1.75 bits per heavy atom. The van der Waals surface area contributed by atoms with Crippen LogP contribution in [0, 0.1) is 0 Å². The van der Waals surface area contributed by atoms with E-state index in [2.05, 4.69) is 42.0 Å². The Kier molecular flexibility index (Phi) is 5.41. The summed E-state index contributed by atoms with van der Waals surface area (Å²) in [6, 6.07) is 4.26. The fourth-order valence-corrected chi connectivity index (χ4v) is 2.67. The molecule has 0 unspecified atom stereocenters. The molecule has 0 amide bonds. The number of hydrogen-bond donors (Lipinski definition) is 1. The number of aromatic nitrogens is 1. The predicted octanol–water partition coefficient (Wildman–Crippen LogP) is 3.74. The van der Waals surface area contributed by atoms with E-state index in [1.807, 2.05) is 12.3 Å². The van der Waals surface area contributed by atoms with Crippen molar-refractivity contribution in [2.24, 2.45) is 0 Å². The second-order valence-corrected chi connectivity index (χ2v) is 6.84. The maximum Gasteiger partial charge on any atom is 0.133 e. The Hall–Kier alpha value is -1.09. The molecule has 3 heteroatoms. The first-order valence-electron chi connectivity index (χ1n) is 8.00. The van der Waals surface area contributed by atoms with Crippen LogP contribution in [0.1, 0.15) is 58.4 Å². The zero-order valence-electron chi connectivity index (χ0n) is 13.3. The second kappa shape index (κ2) is 7.07. The molecule has 3 nitrogen and oxygen atoms in total. The third kappa shape index (κ3) is 4.78. The van der Waals surface area contributed by atoms with Crippen molar-refractivity contribution in [1.29, 1.82) is 0 Å². The van der Waals surface area contributed by atoms with Gasteiger partial charge < -0.3 is 10.2 Å². The monoisotopic (exact) mass is 275 g/mol. The molecule has 20 heavy (non-hydrogen) atoms. The summed E-state index contributed by atoms with van der Waals surface area (Å²) in [6.45, 7) is 9.82. The molecule has 2 rings (SSSR count). The van der Waals surface area contributed by atoms with Crippen molar-refractivity contribution in [1.82, 2.24) is 10.3 Å². The van der Waals surface area contributed by atoms with E-state index in [0.29, 0.717) is 0 Å². The average Bonchev–Trinajstić information content (AvgIpc) is 2.36. The van der Waals surface area contributed by atoms with Crippen molar-refractivity contribution in [2.75, 3.05) is 18.0 Å². The molecule has 1 N–H and O–H groups in total. The molecule has 1 aromatic heterocycles. The molecule has 1 aliphatic rings. The first kappa shape index (κ1) is 15.3. The second-order valence-electron chi connectivity index (χ2n) is 6.84. The molecule has 0 aliphatic carbocycles. The zero-order valence-corrected chi connectivity index (χ0v) is 13.3. The van der Waals surface area contributed by atoms with Gasteiger partial charge in [-0.3, -0.25) is 0 Å². The van der Waals surface area contributed by atoms with Crippen molar-refractivity contribution in [3.05, 3.63) is 23.9 Å². The lowest BCUT2D eigenvalue weighted by Gasteiger charge is -2.29. The van der Waals surface area contributed by atoms with E-state index in [0.717, 1.165) is 19.6 Å². The van der Waals surface area contributed by atoms with Gasteiger partial charge in [0.05, 0.1) is 0 Å². The van der Waals surface area contributed by atoms with Crippen LogP contribution >= 0.6 is 0 Å². The molecule has 0 aromatic carbocycles. The molecule has 1 saturated heterocycles. The first-order chi connectivity index (χ1) is 9.56. The largest absolute Gasteiger partial charge is 0.356 e. The summed E-state index contributed by atoms with van der Waals surface area (Å²) in [5, 5.41) is 3.58. The molecule has 112 valence electrons. The number of rotatable bonds is 3. The van der Waals surface area contributed by atoms with Gasteiger partial charge in [-0.2, -0.15) is 0 Å². The van der Waals surface area contributed by atoms with Crippen LogP contribution < -0.4 is 10.2 Å². The van der Waals surface area contributed by atoms with Crippen LogP contribution in [0.3, 0.4) is 0 Å². The standard InChI is InChI=1S/C17H29N3/c1-17(2,3)19-14-15-10-9-11-18-16(15)20-12-7-5-4-6-8-13-20/h9-11,19H,4-8,12-14H2,1-3H3. The molecule has 0 radical (unpaired) electrons. The topological polar surface area (TPSA) is 28.2 Å². The van der Waals surface area contributed by atoms with E-state index < -0.39 is 0 Å². The highest BCUT2D eigenvalue weighted by Crippen LogP contribution is 2.21. The Balaban J connectivity index is 2.09. The third-order valence-corrected chi connectivity index (χ3v) is 3.83. The van der Waals surface area contributed by atoms with Crippen LogP contribution in [0.5, 0.6) is 0 Å². The molecule has 0 atom stereocenters. The number of hydrogen-bond acceptors (Lipinski definition) is 3. The van der Waals surface area contributed by atoms with Gasteiger partial charge >= 0.3 is 0 Å². The van der Waals surface area contributed by atoms with E-state index in [9.17, 15) is 0 Å². The summed E-state index contributed by atoms with van der Waals surface area (Å²) in [6.07, 6.45) is 8.63. The highest BCUT2D eigenvalue weighted by Gasteiger charge is 2.15. The lowest BCUT2D eigenvalue weighted by atomic mass is 10.1. The summed E-state index contributed by atoms with van der Waals surface area (Å²) in [5.41, 5.74) is 1.46. The molecule has 0 saturated carbocycles. The van der Waals surface area contributed by atoms with Gasteiger partial charge in [-0.1, -0.05) is 25.3 Å². The van der Waals surface area contributed by atoms with Gasteiger partial charge in [0, 0.05) is 36.9 Å². The number of nitrogens with one attached hydrogen (secondary N) is 1. The van der Waals surface area contributed by atoms with E-state index in [-0.39, 0.29) is 5.54 Å². The van der Waals surface area contributed by atoms with Crippen LogP contribution in [0.4, 0.5) is 5.82 Å². The Morgan fingerprint density at radius 1 is 1.10 bits per heavy atom. The molecule has 1 aromatic rings. The normalized spacial score (nSPS) is 17.6. The SMILES string of the molecule is CC(C)(C)NCc1cccnc1N1CCCCCCC1. The van der Waals surface area contributed by atoms with E-state index in [4.69, 9.17) is 0 Å². The summed E-state index contributed by atoms with van der Waals surface area (Å²) in [5.74, 6) is 1.19. The van der Waals surface area contributed by atoms with Gasteiger partial charge in [-0.25, -0.2) is 4.98 Å². The van der Waals surface area contributed by atoms with Gasteiger partial charge in [0.2, 0.25) is 0 Å². The first-order valence-corrected chi connectivity index (χ1v) is 8.00. The molecular weight excluding hydrogens is 246 g/mol. The Labute approximate surface area is 123 Å². The van der Waals surface area contributed by atoms with Crippen LogP contribution in [-0.2, 0) is 6.54 Å². The Morgan fingerprint density at radius 3 is 2.40 bits per heavy atom. The fourth-order valence-electron chi connectivity index (χ4n) is 2.67. The van der Waals surface area contributed by atoms with Crippen molar-refractivity contribution >= 4 is 5.82 Å². The Bertz CT molecular complexity index is 401. The van der Waals surface area contributed by atoms with Crippen LogP contribution in [0.2, 0.25) is 0 Å². The molecule has 0 bridgehead atoms. The van der Waals surface area contributed by atoms with Crippen molar-refractivity contribution in [2.45, 2.75) is 65.0 Å². The van der Waals surface area contributed by atoms with Gasteiger partial charge in [-0.05, 0) is 39.7 Å². The molecule has 2 heterocycles. The van der Waals surface area contributed by atoms with Crippen molar-refractivity contribution < 1.29 is 0 Å². The number of nitrogens with zero attached hydrogens (tertiary/aromatic N) is 2. The smallest absolute Gasteiger partial charge is 0.133 e. The highest BCUT2D eigenvalue weighted by molar-refractivity contribution is 5.46. The van der Waals surface area contributed by atoms with E-state index >= 15 is 0 Å². The average molecular weight is 275 g/mol. The third-order valence-electron chi connectivity index (χ3n) is 3.83. The number of pyridine rings is 1. The quantitative estimate of drug-likeness (QED) is 0.911. The molecule has 0 spiro atoms.